The van der Waals surface area contributed by atoms with E-state index in [4.69, 9.17) is 17.3 Å². The predicted molar refractivity (Wildman–Crippen MR) is 42.7 cm³/mol. The molecule has 0 spiro atoms. The van der Waals surface area contributed by atoms with Gasteiger partial charge < -0.3 is 5.73 Å². The Kier molecular flexibility index (Phi) is 4.68. The number of halogens is 1. The summed E-state index contributed by atoms with van der Waals surface area (Å²) in [5.74, 6) is 0.00191. The summed E-state index contributed by atoms with van der Waals surface area (Å²) in [6, 6.07) is 0. The minimum absolute atomic E-state index is 0.0201. The summed E-state index contributed by atoms with van der Waals surface area (Å²) in [5.41, 5.74) is 6.24. The summed E-state index contributed by atoms with van der Waals surface area (Å²) in [6.07, 6.45) is 1.38. The van der Waals surface area contributed by atoms with E-state index in [9.17, 15) is 8.42 Å². The van der Waals surface area contributed by atoms with Gasteiger partial charge in [0.1, 0.15) is 0 Å². The van der Waals surface area contributed by atoms with Crippen molar-refractivity contribution in [2.24, 2.45) is 5.73 Å². The minimum Gasteiger partial charge on any atom is -0.329 e. The average molecular weight is 184 g/mol. The molecule has 0 heterocycles. The molecule has 0 saturated carbocycles. The molecule has 10 heavy (non-hydrogen) atoms. The molecule has 0 fully saturated rings. The molecule has 0 bridgehead atoms. The zero-order valence-corrected chi connectivity index (χ0v) is 7.03. The second kappa shape index (κ2) is 4.71. The van der Waals surface area contributed by atoms with Crippen LogP contribution in [0.1, 0.15) is 0 Å². The third-order valence-corrected chi connectivity index (χ3v) is 2.60. The van der Waals surface area contributed by atoms with Gasteiger partial charge in [-0.05, 0) is 0 Å². The Morgan fingerprint density at radius 3 is 2.50 bits per heavy atom. The van der Waals surface area contributed by atoms with Gasteiger partial charge in [-0.1, -0.05) is 17.7 Å². The largest absolute Gasteiger partial charge is 0.329 e. The summed E-state index contributed by atoms with van der Waals surface area (Å²) >= 11 is 5.13. The lowest BCUT2D eigenvalue weighted by atomic mass is 10.8. The van der Waals surface area contributed by atoms with Gasteiger partial charge in [0, 0.05) is 12.1 Å². The van der Waals surface area contributed by atoms with Crippen molar-refractivity contribution in [3.05, 3.63) is 11.6 Å². The van der Waals surface area contributed by atoms with Crippen LogP contribution in [0.15, 0.2) is 11.6 Å². The van der Waals surface area contributed by atoms with Crippen LogP contribution in [-0.4, -0.2) is 26.5 Å². The van der Waals surface area contributed by atoms with Crippen LogP contribution in [0.3, 0.4) is 0 Å². The highest BCUT2D eigenvalue weighted by molar-refractivity contribution is 7.91. The van der Waals surface area contributed by atoms with E-state index in [1.54, 1.807) is 0 Å². The van der Waals surface area contributed by atoms with Crippen LogP contribution in [-0.2, 0) is 9.84 Å². The van der Waals surface area contributed by atoms with Gasteiger partial charge in [-0.25, -0.2) is 8.42 Å². The molecule has 0 aliphatic carbocycles. The van der Waals surface area contributed by atoms with Crippen molar-refractivity contribution in [1.29, 1.82) is 0 Å². The fourth-order valence-corrected chi connectivity index (χ4v) is 1.56. The summed E-state index contributed by atoms with van der Waals surface area (Å²) < 4.78 is 21.6. The molecule has 2 N–H and O–H groups in total. The smallest absolute Gasteiger partial charge is 0.155 e. The van der Waals surface area contributed by atoms with Crippen molar-refractivity contribution < 1.29 is 8.42 Å². The van der Waals surface area contributed by atoms with Crippen LogP contribution >= 0.6 is 11.6 Å². The SMILES string of the molecule is NCCS(=O)(=O)C/C=C\Cl. The van der Waals surface area contributed by atoms with Gasteiger partial charge in [0.2, 0.25) is 0 Å². The number of sulfone groups is 1. The van der Waals surface area contributed by atoms with E-state index in [2.05, 4.69) is 0 Å². The highest BCUT2D eigenvalue weighted by Crippen LogP contribution is 1.90. The predicted octanol–water partition coefficient (Wildman–Crippen LogP) is 0.112. The maximum Gasteiger partial charge on any atom is 0.155 e. The Labute approximate surface area is 65.8 Å². The Balaban J connectivity index is 3.89. The molecule has 0 aromatic carbocycles. The van der Waals surface area contributed by atoms with E-state index in [1.807, 2.05) is 0 Å². The molecular formula is C5H10ClNO2S. The maximum atomic E-state index is 10.8. The van der Waals surface area contributed by atoms with E-state index in [-0.39, 0.29) is 18.1 Å². The standard InChI is InChI=1S/C5H10ClNO2S/c6-2-1-4-10(8,9)5-3-7/h1-2H,3-5,7H2/b2-1-. The monoisotopic (exact) mass is 183 g/mol. The number of nitrogens with two attached hydrogens (primary N) is 1. The van der Waals surface area contributed by atoms with E-state index >= 15 is 0 Å². The Hall–Kier alpha value is -0.0600. The molecule has 0 atom stereocenters. The number of rotatable bonds is 4. The molecule has 3 nitrogen and oxygen atoms in total. The molecule has 0 rings (SSSR count). The molecule has 0 aliphatic heterocycles. The zero-order valence-electron chi connectivity index (χ0n) is 5.46. The Morgan fingerprint density at radius 2 is 2.10 bits per heavy atom. The van der Waals surface area contributed by atoms with Crippen molar-refractivity contribution in [2.75, 3.05) is 18.1 Å². The average Bonchev–Trinajstić information content (AvgIpc) is 1.84. The molecule has 0 amide bonds. The summed E-state index contributed by atoms with van der Waals surface area (Å²) in [7, 11) is -2.99. The van der Waals surface area contributed by atoms with Crippen LogP contribution in [0, 0.1) is 0 Å². The third-order valence-electron chi connectivity index (χ3n) is 0.868. The molecule has 0 aromatic rings. The first-order chi connectivity index (χ1) is 4.62. The van der Waals surface area contributed by atoms with Crippen molar-refractivity contribution in [2.45, 2.75) is 0 Å². The highest BCUT2D eigenvalue weighted by Gasteiger charge is 2.04. The van der Waals surface area contributed by atoms with Crippen LogP contribution in [0.5, 0.6) is 0 Å². The van der Waals surface area contributed by atoms with Crippen molar-refractivity contribution in [3.8, 4) is 0 Å². The second-order valence-electron chi connectivity index (χ2n) is 1.76. The van der Waals surface area contributed by atoms with Crippen molar-refractivity contribution in [1.82, 2.24) is 0 Å². The van der Waals surface area contributed by atoms with E-state index in [0.29, 0.717) is 0 Å². The quantitative estimate of drug-likeness (QED) is 0.673. The van der Waals surface area contributed by atoms with Gasteiger partial charge >= 0.3 is 0 Å². The number of hydrogen-bond donors (Lipinski definition) is 1. The van der Waals surface area contributed by atoms with Gasteiger partial charge in [-0.3, -0.25) is 0 Å². The molecule has 0 aromatic heterocycles. The van der Waals surface area contributed by atoms with Gasteiger partial charge in [0.05, 0.1) is 11.5 Å². The van der Waals surface area contributed by atoms with Crippen molar-refractivity contribution in [3.63, 3.8) is 0 Å². The lowest BCUT2D eigenvalue weighted by Crippen LogP contribution is -2.17. The fourth-order valence-electron chi connectivity index (χ4n) is 0.446. The van der Waals surface area contributed by atoms with Crippen molar-refractivity contribution >= 4 is 21.4 Å². The fraction of sp³-hybridized carbons (Fsp3) is 0.600. The maximum absolute atomic E-state index is 10.8. The zero-order chi connectivity index (χ0) is 8.04. The first-order valence-corrected chi connectivity index (χ1v) is 5.04. The second-order valence-corrected chi connectivity index (χ2v) is 4.25. The van der Waals surface area contributed by atoms with Gasteiger partial charge in [-0.15, -0.1) is 0 Å². The van der Waals surface area contributed by atoms with Crippen LogP contribution in [0.25, 0.3) is 0 Å². The van der Waals surface area contributed by atoms with Gasteiger partial charge in [-0.2, -0.15) is 0 Å². The molecular weight excluding hydrogens is 174 g/mol. The molecule has 5 heteroatoms. The van der Waals surface area contributed by atoms with E-state index in [0.717, 1.165) is 0 Å². The molecule has 0 radical (unpaired) electrons. The molecule has 0 saturated heterocycles. The van der Waals surface area contributed by atoms with E-state index in [1.165, 1.54) is 11.6 Å². The summed E-state index contributed by atoms with van der Waals surface area (Å²) in [5, 5.41) is 0. The highest BCUT2D eigenvalue weighted by atomic mass is 35.5. The minimum atomic E-state index is -2.99. The Bertz CT molecular complexity index is 198. The molecule has 0 aliphatic rings. The summed E-state index contributed by atoms with van der Waals surface area (Å²) in [6.45, 7) is 0.165. The third kappa shape index (κ3) is 4.78. The van der Waals surface area contributed by atoms with Crippen LogP contribution in [0.2, 0.25) is 0 Å². The molecule has 60 valence electrons. The van der Waals surface area contributed by atoms with Crippen LogP contribution < -0.4 is 5.73 Å². The summed E-state index contributed by atoms with van der Waals surface area (Å²) in [4.78, 5) is 0. The van der Waals surface area contributed by atoms with Crippen LogP contribution in [0.4, 0.5) is 0 Å². The molecule has 0 unspecified atom stereocenters. The number of hydrogen-bond acceptors (Lipinski definition) is 3. The lowest BCUT2D eigenvalue weighted by molar-refractivity contribution is 0.599. The first kappa shape index (κ1) is 9.94. The Morgan fingerprint density at radius 1 is 1.50 bits per heavy atom. The van der Waals surface area contributed by atoms with E-state index < -0.39 is 9.84 Å². The first-order valence-electron chi connectivity index (χ1n) is 2.78. The topological polar surface area (TPSA) is 60.2 Å². The lowest BCUT2D eigenvalue weighted by Gasteiger charge is -1.95. The normalized spacial score (nSPS) is 12.6. The van der Waals surface area contributed by atoms with Gasteiger partial charge in [0.25, 0.3) is 0 Å². The van der Waals surface area contributed by atoms with Gasteiger partial charge in [0.15, 0.2) is 9.84 Å².